The Hall–Kier alpha value is -3.34. The van der Waals surface area contributed by atoms with Gasteiger partial charge >= 0.3 is 0 Å². The van der Waals surface area contributed by atoms with Gasteiger partial charge in [0.15, 0.2) is 0 Å². The molecule has 0 bridgehead atoms. The van der Waals surface area contributed by atoms with Crippen molar-refractivity contribution in [2.75, 3.05) is 54.0 Å². The molecule has 0 spiro atoms. The van der Waals surface area contributed by atoms with Crippen LogP contribution in [0.3, 0.4) is 0 Å². The van der Waals surface area contributed by atoms with E-state index in [-0.39, 0.29) is 17.4 Å². The minimum Gasteiger partial charge on any atom is -0.508 e. The minimum atomic E-state index is -0.299. The van der Waals surface area contributed by atoms with Crippen molar-refractivity contribution in [3.05, 3.63) is 77.4 Å². The van der Waals surface area contributed by atoms with Crippen LogP contribution >= 0.6 is 0 Å². The number of hydrogen-bond acceptors (Lipinski definition) is 5. The summed E-state index contributed by atoms with van der Waals surface area (Å²) in [6.07, 6.45) is 0. The van der Waals surface area contributed by atoms with Gasteiger partial charge in [0.2, 0.25) is 0 Å². The molecule has 2 N–H and O–H groups in total. The number of phenols is 2. The first-order valence-corrected chi connectivity index (χ1v) is 13.4. The predicted molar refractivity (Wildman–Crippen MR) is 154 cm³/mol. The van der Waals surface area contributed by atoms with Gasteiger partial charge in [-0.1, -0.05) is 24.3 Å². The molecule has 0 saturated heterocycles. The lowest BCUT2D eigenvalue weighted by molar-refractivity contribution is 0.458. The van der Waals surface area contributed by atoms with Crippen LogP contribution in [0.1, 0.15) is 64.2 Å². The highest BCUT2D eigenvalue weighted by Crippen LogP contribution is 2.43. The Balaban J connectivity index is 2.14. The Bertz CT molecular complexity index is 1040. The van der Waals surface area contributed by atoms with E-state index in [9.17, 15) is 10.2 Å². The molecule has 0 atom stereocenters. The predicted octanol–water partition coefficient (Wildman–Crippen LogP) is 6.82. The SMILES string of the molecule is CCN(CC)c1ccc(C(c2ccc(N(CC)CC)cc2O)c2ccc(N(CC)CC)cc2O)cc1. The molecule has 3 aromatic rings. The molecule has 5 heteroatoms. The first-order valence-electron chi connectivity index (χ1n) is 13.4. The lowest BCUT2D eigenvalue weighted by atomic mass is 9.83. The zero-order chi connectivity index (χ0) is 26.2. The van der Waals surface area contributed by atoms with Gasteiger partial charge in [-0.2, -0.15) is 0 Å². The summed E-state index contributed by atoms with van der Waals surface area (Å²) in [5.74, 6) is 0.182. The Kier molecular flexibility index (Phi) is 9.51. The highest BCUT2D eigenvalue weighted by atomic mass is 16.3. The van der Waals surface area contributed by atoms with Gasteiger partial charge < -0.3 is 24.9 Å². The molecule has 0 amide bonds. The van der Waals surface area contributed by atoms with Crippen molar-refractivity contribution in [2.24, 2.45) is 0 Å². The molecule has 0 aliphatic rings. The number of hydrogen-bond donors (Lipinski definition) is 2. The normalized spacial score (nSPS) is 11.1. The van der Waals surface area contributed by atoms with E-state index in [2.05, 4.69) is 92.6 Å². The summed E-state index contributed by atoms with van der Waals surface area (Å²) in [4.78, 5) is 6.74. The Morgan fingerprint density at radius 2 is 0.833 bits per heavy atom. The lowest BCUT2D eigenvalue weighted by Crippen LogP contribution is -2.22. The molecule has 0 radical (unpaired) electrons. The molecular formula is C31H43N3O2. The summed E-state index contributed by atoms with van der Waals surface area (Å²) in [6.45, 7) is 18.2. The van der Waals surface area contributed by atoms with E-state index < -0.39 is 0 Å². The first-order chi connectivity index (χ1) is 17.4. The first kappa shape index (κ1) is 27.3. The van der Waals surface area contributed by atoms with Crippen LogP contribution in [0.25, 0.3) is 0 Å². The van der Waals surface area contributed by atoms with Crippen molar-refractivity contribution >= 4 is 17.1 Å². The zero-order valence-corrected chi connectivity index (χ0v) is 22.8. The molecule has 0 aromatic heterocycles. The summed E-state index contributed by atoms with van der Waals surface area (Å²) in [5.41, 5.74) is 5.77. The molecule has 0 aliphatic heterocycles. The molecule has 194 valence electrons. The smallest absolute Gasteiger partial charge is 0.121 e. The molecule has 36 heavy (non-hydrogen) atoms. The van der Waals surface area contributed by atoms with Gasteiger partial charge in [-0.3, -0.25) is 0 Å². The maximum Gasteiger partial charge on any atom is 0.121 e. The second kappa shape index (κ2) is 12.6. The average molecular weight is 490 g/mol. The summed E-state index contributed by atoms with van der Waals surface area (Å²) in [7, 11) is 0. The van der Waals surface area contributed by atoms with Crippen LogP contribution in [-0.2, 0) is 0 Å². The Labute approximate surface area is 217 Å². The third-order valence-corrected chi connectivity index (χ3v) is 7.26. The fraction of sp³-hybridized carbons (Fsp3) is 0.419. The van der Waals surface area contributed by atoms with E-state index in [0.717, 1.165) is 67.3 Å². The monoisotopic (exact) mass is 489 g/mol. The average Bonchev–Trinajstić information content (AvgIpc) is 2.89. The highest BCUT2D eigenvalue weighted by Gasteiger charge is 2.24. The maximum atomic E-state index is 11.2. The summed E-state index contributed by atoms with van der Waals surface area (Å²) in [6, 6.07) is 20.4. The van der Waals surface area contributed by atoms with Crippen LogP contribution < -0.4 is 14.7 Å². The molecule has 0 aliphatic carbocycles. The van der Waals surface area contributed by atoms with Crippen LogP contribution in [0.2, 0.25) is 0 Å². The van der Waals surface area contributed by atoms with E-state index in [1.165, 1.54) is 5.69 Å². The van der Waals surface area contributed by atoms with E-state index >= 15 is 0 Å². The Morgan fingerprint density at radius 3 is 1.17 bits per heavy atom. The van der Waals surface area contributed by atoms with Gasteiger partial charge in [-0.05, 0) is 71.4 Å². The van der Waals surface area contributed by atoms with Crippen LogP contribution in [0, 0.1) is 0 Å². The topological polar surface area (TPSA) is 50.2 Å². The summed E-state index contributed by atoms with van der Waals surface area (Å²) in [5, 5.41) is 22.5. The third kappa shape index (κ3) is 5.72. The fourth-order valence-electron chi connectivity index (χ4n) is 5.12. The second-order valence-corrected chi connectivity index (χ2v) is 9.03. The van der Waals surface area contributed by atoms with Gasteiger partial charge in [0.05, 0.1) is 0 Å². The van der Waals surface area contributed by atoms with E-state index in [4.69, 9.17) is 0 Å². The minimum absolute atomic E-state index is 0.240. The summed E-state index contributed by atoms with van der Waals surface area (Å²) >= 11 is 0. The second-order valence-electron chi connectivity index (χ2n) is 9.03. The molecule has 3 rings (SSSR count). The van der Waals surface area contributed by atoms with Crippen molar-refractivity contribution < 1.29 is 10.2 Å². The number of rotatable bonds is 12. The molecule has 3 aromatic carbocycles. The molecule has 5 nitrogen and oxygen atoms in total. The molecular weight excluding hydrogens is 446 g/mol. The van der Waals surface area contributed by atoms with Gasteiger partial charge in [0.1, 0.15) is 11.5 Å². The molecule has 0 fully saturated rings. The van der Waals surface area contributed by atoms with Gasteiger partial charge in [0, 0.05) is 85.5 Å². The van der Waals surface area contributed by atoms with Crippen LogP contribution in [0.5, 0.6) is 11.5 Å². The lowest BCUT2D eigenvalue weighted by Gasteiger charge is -2.27. The Morgan fingerprint density at radius 1 is 0.500 bits per heavy atom. The number of anilines is 3. The van der Waals surface area contributed by atoms with Gasteiger partial charge in [-0.25, -0.2) is 0 Å². The quantitative estimate of drug-likeness (QED) is 0.274. The van der Waals surface area contributed by atoms with E-state index in [1.807, 2.05) is 24.3 Å². The highest BCUT2D eigenvalue weighted by molar-refractivity contribution is 5.62. The third-order valence-electron chi connectivity index (χ3n) is 7.26. The molecule has 0 heterocycles. The van der Waals surface area contributed by atoms with Gasteiger partial charge in [-0.15, -0.1) is 0 Å². The maximum absolute atomic E-state index is 11.2. The van der Waals surface area contributed by atoms with Crippen LogP contribution in [0.15, 0.2) is 60.7 Å². The van der Waals surface area contributed by atoms with Crippen molar-refractivity contribution in [3.63, 3.8) is 0 Å². The molecule has 0 saturated carbocycles. The van der Waals surface area contributed by atoms with Crippen LogP contribution in [0.4, 0.5) is 17.1 Å². The van der Waals surface area contributed by atoms with Crippen molar-refractivity contribution in [3.8, 4) is 11.5 Å². The van der Waals surface area contributed by atoms with E-state index in [0.29, 0.717) is 0 Å². The van der Waals surface area contributed by atoms with Crippen molar-refractivity contribution in [2.45, 2.75) is 47.5 Å². The molecule has 0 unspecified atom stereocenters. The van der Waals surface area contributed by atoms with Crippen molar-refractivity contribution in [1.29, 1.82) is 0 Å². The largest absolute Gasteiger partial charge is 0.508 e. The van der Waals surface area contributed by atoms with Gasteiger partial charge in [0.25, 0.3) is 0 Å². The summed E-state index contributed by atoms with van der Waals surface area (Å²) < 4.78 is 0. The zero-order valence-electron chi connectivity index (χ0n) is 22.8. The van der Waals surface area contributed by atoms with E-state index in [1.54, 1.807) is 0 Å². The number of phenolic OH excluding ortho intramolecular Hbond substituents is 2. The number of nitrogens with zero attached hydrogens (tertiary/aromatic N) is 3. The fourth-order valence-corrected chi connectivity index (χ4v) is 5.12. The van der Waals surface area contributed by atoms with Crippen molar-refractivity contribution in [1.82, 2.24) is 0 Å². The number of benzene rings is 3. The standard InChI is InChI=1S/C31H43N3O2/c1-7-32(8-2)24-15-13-23(14-16-24)31(27-19-17-25(21-29(27)35)33(9-3)10-4)28-20-18-26(22-30(28)36)34(11-5)12-6/h13-22,31,35-36H,7-12H2,1-6H3. The number of aromatic hydroxyl groups is 2. The van der Waals surface area contributed by atoms with Crippen LogP contribution in [-0.4, -0.2) is 49.5 Å².